The van der Waals surface area contributed by atoms with E-state index in [9.17, 15) is 0 Å². The van der Waals surface area contributed by atoms with Crippen LogP contribution in [0.25, 0.3) is 11.2 Å². The molecule has 1 fully saturated rings. The van der Waals surface area contributed by atoms with Crippen molar-refractivity contribution in [2.75, 3.05) is 12.3 Å². The third-order valence-electron chi connectivity index (χ3n) is 7.65. The first-order valence-electron chi connectivity index (χ1n) is 11.6. The highest BCUT2D eigenvalue weighted by atomic mass is 28.4. The maximum absolute atomic E-state index is 7.01. The summed E-state index contributed by atoms with van der Waals surface area (Å²) in [4.78, 5) is 13.0. The summed E-state index contributed by atoms with van der Waals surface area (Å²) in [5.41, 5.74) is 13.4. The number of nitrogens with zero attached hydrogens (tertiary/aromatic N) is 4. The Morgan fingerprint density at radius 3 is 2.00 bits per heavy atom. The lowest BCUT2D eigenvalue weighted by molar-refractivity contribution is -0.0286. The fourth-order valence-electron chi connectivity index (χ4n) is 3.48. The molecule has 1 saturated heterocycles. The smallest absolute Gasteiger partial charge is 0.192 e. The molecule has 0 saturated carbocycles. The van der Waals surface area contributed by atoms with E-state index in [4.69, 9.17) is 25.1 Å². The summed E-state index contributed by atoms with van der Waals surface area (Å²) in [6.07, 6.45) is 1.69. The maximum atomic E-state index is 7.01. The Morgan fingerprint density at radius 1 is 0.939 bits per heavy atom. The highest BCUT2D eigenvalue weighted by Gasteiger charge is 2.54. The SMILES string of the molecule is CC(C)(C)[Si](C)(C)OC1[C@H](n2cnc3c(N)ncnc32)O[C@H](CN)[C@H]1O[Si](C)(C)C(C)(C)C. The van der Waals surface area contributed by atoms with Crippen molar-refractivity contribution in [3.63, 3.8) is 0 Å². The molecule has 0 radical (unpaired) electrons. The minimum Gasteiger partial charge on any atom is -0.408 e. The van der Waals surface area contributed by atoms with Crippen LogP contribution in [0, 0.1) is 0 Å². The minimum atomic E-state index is -2.18. The average molecular weight is 495 g/mol. The molecule has 1 aliphatic rings. The van der Waals surface area contributed by atoms with Gasteiger partial charge in [-0.2, -0.15) is 0 Å². The molecular formula is C22H42N6O3Si2. The molecule has 186 valence electrons. The van der Waals surface area contributed by atoms with Gasteiger partial charge in [0.1, 0.15) is 24.1 Å². The maximum Gasteiger partial charge on any atom is 0.192 e. The zero-order valence-corrected chi connectivity index (χ0v) is 23.8. The molecular weight excluding hydrogens is 452 g/mol. The van der Waals surface area contributed by atoms with E-state index in [0.29, 0.717) is 23.5 Å². The Balaban J connectivity index is 2.10. The van der Waals surface area contributed by atoms with E-state index in [1.54, 1.807) is 6.33 Å². The first kappa shape index (κ1) is 26.2. The van der Waals surface area contributed by atoms with Gasteiger partial charge >= 0.3 is 0 Å². The van der Waals surface area contributed by atoms with Gasteiger partial charge in [0.15, 0.2) is 34.3 Å². The summed E-state index contributed by atoms with van der Waals surface area (Å²) in [6, 6.07) is 0. The van der Waals surface area contributed by atoms with Crippen molar-refractivity contribution in [3.8, 4) is 0 Å². The summed E-state index contributed by atoms with van der Waals surface area (Å²) in [5.74, 6) is 0.336. The lowest BCUT2D eigenvalue weighted by Crippen LogP contribution is -2.54. The van der Waals surface area contributed by atoms with E-state index < -0.39 is 22.9 Å². The van der Waals surface area contributed by atoms with Gasteiger partial charge in [-0.05, 0) is 36.3 Å². The zero-order valence-electron chi connectivity index (χ0n) is 21.8. The van der Waals surface area contributed by atoms with E-state index >= 15 is 0 Å². The lowest BCUT2D eigenvalue weighted by atomic mass is 10.1. The quantitative estimate of drug-likeness (QED) is 0.577. The standard InChI is InChI=1S/C22H42N6O3Si2/c1-21(2,3)32(7,8)30-16-14(11-23)29-20(17(16)31-33(9,10)22(4,5)6)28-13-27-15-18(24)25-12-26-19(15)28/h12-14,16-17,20H,11,23H2,1-10H3,(H2,24,25,26)/t14-,16-,17?,20-/m1/s1. The molecule has 0 aromatic carbocycles. The Hall–Kier alpha value is -1.38. The molecule has 2 aromatic heterocycles. The normalized spacial score (nSPS) is 25.2. The van der Waals surface area contributed by atoms with Crippen LogP contribution in [0.5, 0.6) is 0 Å². The summed E-state index contributed by atoms with van der Waals surface area (Å²) >= 11 is 0. The van der Waals surface area contributed by atoms with E-state index in [2.05, 4.69) is 82.7 Å². The van der Waals surface area contributed by atoms with Crippen molar-refractivity contribution in [1.29, 1.82) is 0 Å². The Labute approximate surface area is 199 Å². The van der Waals surface area contributed by atoms with Crippen molar-refractivity contribution in [1.82, 2.24) is 19.5 Å². The van der Waals surface area contributed by atoms with Crippen molar-refractivity contribution in [2.24, 2.45) is 5.73 Å². The third kappa shape index (κ3) is 4.89. The van der Waals surface area contributed by atoms with Crippen molar-refractivity contribution in [2.45, 2.75) is 102 Å². The highest BCUT2D eigenvalue weighted by molar-refractivity contribution is 6.74. The third-order valence-corrected chi connectivity index (χ3v) is 16.6. The van der Waals surface area contributed by atoms with Gasteiger partial charge in [-0.25, -0.2) is 15.0 Å². The molecule has 11 heteroatoms. The number of nitrogen functional groups attached to an aromatic ring is 1. The number of nitrogens with two attached hydrogens (primary N) is 2. The van der Waals surface area contributed by atoms with Gasteiger partial charge in [-0.1, -0.05) is 41.5 Å². The van der Waals surface area contributed by atoms with Gasteiger partial charge in [0.25, 0.3) is 0 Å². The molecule has 3 heterocycles. The van der Waals surface area contributed by atoms with Crippen LogP contribution in [-0.2, 0) is 13.6 Å². The van der Waals surface area contributed by atoms with Gasteiger partial charge in [0, 0.05) is 6.54 Å². The van der Waals surface area contributed by atoms with E-state index in [-0.39, 0.29) is 28.4 Å². The van der Waals surface area contributed by atoms with E-state index in [1.807, 2.05) is 4.57 Å². The Morgan fingerprint density at radius 2 is 1.48 bits per heavy atom. The fourth-order valence-corrected chi connectivity index (χ4v) is 6.08. The van der Waals surface area contributed by atoms with Crippen LogP contribution in [0.3, 0.4) is 0 Å². The average Bonchev–Trinajstić information content (AvgIpc) is 3.22. The number of imidazole rings is 1. The topological polar surface area (TPSA) is 123 Å². The second kappa shape index (κ2) is 8.69. The predicted octanol–water partition coefficient (Wildman–Crippen LogP) is 4.05. The molecule has 1 aliphatic heterocycles. The minimum absolute atomic E-state index is 0.0173. The lowest BCUT2D eigenvalue weighted by Gasteiger charge is -2.44. The van der Waals surface area contributed by atoms with Crippen molar-refractivity contribution >= 4 is 33.6 Å². The van der Waals surface area contributed by atoms with Crippen LogP contribution in [0.4, 0.5) is 5.82 Å². The molecule has 33 heavy (non-hydrogen) atoms. The summed E-state index contributed by atoms with van der Waals surface area (Å²) < 4.78 is 22.4. The van der Waals surface area contributed by atoms with Crippen LogP contribution >= 0.6 is 0 Å². The molecule has 3 rings (SSSR count). The highest BCUT2D eigenvalue weighted by Crippen LogP contribution is 2.45. The first-order valence-corrected chi connectivity index (χ1v) is 17.5. The summed E-state index contributed by atoms with van der Waals surface area (Å²) in [6.45, 7) is 22.7. The molecule has 0 spiro atoms. The van der Waals surface area contributed by atoms with Gasteiger partial charge < -0.3 is 25.1 Å². The van der Waals surface area contributed by atoms with Crippen LogP contribution in [-0.4, -0.2) is 61.0 Å². The number of hydrogen-bond acceptors (Lipinski definition) is 8. The number of fused-ring (bicyclic) bond motifs is 1. The second-order valence-electron chi connectivity index (χ2n) is 12.1. The van der Waals surface area contributed by atoms with Crippen molar-refractivity contribution < 1.29 is 13.6 Å². The summed E-state index contributed by atoms with van der Waals surface area (Å²) in [7, 11) is -4.32. The first-order chi connectivity index (χ1) is 15.0. The van der Waals surface area contributed by atoms with Crippen LogP contribution in [0.2, 0.25) is 36.3 Å². The Kier molecular flexibility index (Phi) is 6.90. The monoisotopic (exact) mass is 494 g/mol. The molecule has 2 aromatic rings. The van der Waals surface area contributed by atoms with Crippen LogP contribution in [0.15, 0.2) is 12.7 Å². The molecule has 0 amide bonds. The van der Waals surface area contributed by atoms with E-state index in [0.717, 1.165) is 0 Å². The van der Waals surface area contributed by atoms with E-state index in [1.165, 1.54) is 6.33 Å². The Bertz CT molecular complexity index is 983. The summed E-state index contributed by atoms with van der Waals surface area (Å²) in [5, 5.41) is 0.0542. The molecule has 0 bridgehead atoms. The van der Waals surface area contributed by atoms with Gasteiger partial charge in [0.05, 0.1) is 12.4 Å². The number of rotatable bonds is 6. The van der Waals surface area contributed by atoms with Crippen molar-refractivity contribution in [3.05, 3.63) is 12.7 Å². The molecule has 4 atom stereocenters. The second-order valence-corrected chi connectivity index (χ2v) is 21.6. The number of anilines is 1. The predicted molar refractivity (Wildman–Crippen MR) is 137 cm³/mol. The number of ether oxygens (including phenoxy) is 1. The fraction of sp³-hybridized carbons (Fsp3) is 0.773. The largest absolute Gasteiger partial charge is 0.408 e. The van der Waals surface area contributed by atoms with Crippen LogP contribution in [0.1, 0.15) is 47.8 Å². The number of hydrogen-bond donors (Lipinski definition) is 2. The molecule has 0 aliphatic carbocycles. The number of aromatic nitrogens is 4. The molecule has 1 unspecified atom stereocenters. The zero-order chi connectivity index (χ0) is 25.0. The molecule has 4 N–H and O–H groups in total. The van der Waals surface area contributed by atoms with Gasteiger partial charge in [0.2, 0.25) is 0 Å². The van der Waals surface area contributed by atoms with Crippen LogP contribution < -0.4 is 11.5 Å². The van der Waals surface area contributed by atoms with Gasteiger partial charge in [-0.15, -0.1) is 0 Å². The molecule has 9 nitrogen and oxygen atoms in total. The van der Waals surface area contributed by atoms with Gasteiger partial charge in [-0.3, -0.25) is 4.57 Å².